The Morgan fingerprint density at radius 3 is 2.00 bits per heavy atom. The quantitative estimate of drug-likeness (QED) is 0.356. The van der Waals surface area contributed by atoms with Gasteiger partial charge in [0.2, 0.25) is 0 Å². The van der Waals surface area contributed by atoms with Gasteiger partial charge in [-0.25, -0.2) is 4.79 Å². The molecular formula is C6H8O4. The minimum atomic E-state index is -2.37. The first kappa shape index (κ1) is 7.24. The van der Waals surface area contributed by atoms with E-state index in [0.29, 0.717) is 0 Å². The second-order valence-corrected chi connectivity index (χ2v) is 2.25. The average Bonchev–Trinajstić information content (AvgIpc) is 1.95. The zero-order valence-corrected chi connectivity index (χ0v) is 5.71. The first-order valence-corrected chi connectivity index (χ1v) is 2.81. The van der Waals surface area contributed by atoms with Crippen molar-refractivity contribution in [1.82, 2.24) is 0 Å². The fourth-order valence-electron chi connectivity index (χ4n) is 0.680. The van der Waals surface area contributed by atoms with E-state index in [9.17, 15) is 4.79 Å². The molecule has 0 unspecified atom stereocenters. The van der Waals surface area contributed by atoms with Crippen LogP contribution in [-0.2, 0) is 9.53 Å². The lowest BCUT2D eigenvalue weighted by molar-refractivity contribution is -0.283. The number of hydrogen-bond acceptors (Lipinski definition) is 4. The molecule has 0 aliphatic carbocycles. The van der Waals surface area contributed by atoms with Gasteiger partial charge in [-0.2, -0.15) is 0 Å². The molecule has 0 spiro atoms. The summed E-state index contributed by atoms with van der Waals surface area (Å²) < 4.78 is 4.17. The van der Waals surface area contributed by atoms with Crippen molar-refractivity contribution in [2.24, 2.45) is 0 Å². The lowest BCUT2D eigenvalue weighted by atomic mass is 10.2. The van der Waals surface area contributed by atoms with E-state index in [0.717, 1.165) is 0 Å². The summed E-state index contributed by atoms with van der Waals surface area (Å²) in [6, 6.07) is 0. The summed E-state index contributed by atoms with van der Waals surface area (Å²) in [7, 11) is 0. The molecule has 1 aliphatic heterocycles. The lowest BCUT2D eigenvalue weighted by Gasteiger charge is -2.13. The summed E-state index contributed by atoms with van der Waals surface area (Å²) in [5, 5.41) is 17.7. The molecule has 10 heavy (non-hydrogen) atoms. The number of cyclic esters (lactones) is 1. The Balaban J connectivity index is 3.06. The van der Waals surface area contributed by atoms with Crippen LogP contribution < -0.4 is 0 Å². The van der Waals surface area contributed by atoms with Crippen molar-refractivity contribution < 1.29 is 19.7 Å². The first-order chi connectivity index (χ1) is 4.45. The first-order valence-electron chi connectivity index (χ1n) is 2.81. The summed E-state index contributed by atoms with van der Waals surface area (Å²) in [4.78, 5) is 10.6. The highest BCUT2D eigenvalue weighted by Gasteiger charge is 2.40. The molecular weight excluding hydrogens is 136 g/mol. The zero-order valence-electron chi connectivity index (χ0n) is 5.71. The molecule has 56 valence electrons. The van der Waals surface area contributed by atoms with Gasteiger partial charge in [-0.3, -0.25) is 0 Å². The summed E-state index contributed by atoms with van der Waals surface area (Å²) in [6.07, 6.45) is 0. The van der Waals surface area contributed by atoms with Gasteiger partial charge >= 0.3 is 11.9 Å². The predicted molar refractivity (Wildman–Crippen MR) is 31.6 cm³/mol. The molecule has 0 radical (unpaired) electrons. The Kier molecular flexibility index (Phi) is 1.31. The smallest absolute Gasteiger partial charge is 0.350 e. The molecule has 0 atom stereocenters. The molecule has 4 heteroatoms. The van der Waals surface area contributed by atoms with Crippen molar-refractivity contribution in [3.05, 3.63) is 11.1 Å². The average molecular weight is 144 g/mol. The number of rotatable bonds is 0. The van der Waals surface area contributed by atoms with Gasteiger partial charge < -0.3 is 14.9 Å². The minimum Gasteiger partial charge on any atom is -0.401 e. The highest BCUT2D eigenvalue weighted by molar-refractivity contribution is 5.91. The molecule has 4 nitrogen and oxygen atoms in total. The van der Waals surface area contributed by atoms with E-state index in [1.165, 1.54) is 13.8 Å². The molecule has 0 aromatic carbocycles. The number of carbonyl (C=O) groups is 1. The third-order valence-corrected chi connectivity index (χ3v) is 1.59. The maximum atomic E-state index is 10.6. The van der Waals surface area contributed by atoms with Gasteiger partial charge in [-0.05, 0) is 13.8 Å². The third-order valence-electron chi connectivity index (χ3n) is 1.59. The Bertz CT molecular complexity index is 214. The number of ether oxygens (including phenoxy) is 1. The van der Waals surface area contributed by atoms with E-state index in [4.69, 9.17) is 10.2 Å². The molecule has 0 saturated carbocycles. The van der Waals surface area contributed by atoms with E-state index in [2.05, 4.69) is 4.74 Å². The molecule has 1 rings (SSSR count). The molecule has 0 fully saturated rings. The molecule has 0 saturated heterocycles. The predicted octanol–water partition coefficient (Wildman–Crippen LogP) is -0.482. The fourth-order valence-corrected chi connectivity index (χ4v) is 0.680. The van der Waals surface area contributed by atoms with Crippen LogP contribution in [0.15, 0.2) is 11.1 Å². The van der Waals surface area contributed by atoms with Crippen LogP contribution in [0.3, 0.4) is 0 Å². The van der Waals surface area contributed by atoms with E-state index >= 15 is 0 Å². The highest BCUT2D eigenvalue weighted by Crippen LogP contribution is 2.27. The molecule has 1 aliphatic rings. The van der Waals surface area contributed by atoms with Crippen LogP contribution in [-0.4, -0.2) is 22.2 Å². The summed E-state index contributed by atoms with van der Waals surface area (Å²) in [5.41, 5.74) is 0.405. The van der Waals surface area contributed by atoms with E-state index in [1.54, 1.807) is 0 Å². The second kappa shape index (κ2) is 1.81. The van der Waals surface area contributed by atoms with Crippen LogP contribution in [0.1, 0.15) is 13.8 Å². The Labute approximate surface area is 57.7 Å². The van der Waals surface area contributed by atoms with E-state index in [-0.39, 0.29) is 11.1 Å². The summed E-state index contributed by atoms with van der Waals surface area (Å²) in [5.74, 6) is -3.05. The van der Waals surface area contributed by atoms with Gasteiger partial charge in [0.1, 0.15) is 0 Å². The number of carbonyl (C=O) groups excluding carboxylic acids is 1. The minimum absolute atomic E-state index is 0.150. The molecule has 2 N–H and O–H groups in total. The van der Waals surface area contributed by atoms with Crippen LogP contribution in [0.2, 0.25) is 0 Å². The summed E-state index contributed by atoms with van der Waals surface area (Å²) in [6.45, 7) is 2.91. The molecule has 1 heterocycles. The monoisotopic (exact) mass is 144 g/mol. The largest absolute Gasteiger partial charge is 0.401 e. The molecule has 0 aromatic rings. The van der Waals surface area contributed by atoms with Gasteiger partial charge in [0.15, 0.2) is 0 Å². The Hall–Kier alpha value is -0.870. The van der Waals surface area contributed by atoms with Crippen molar-refractivity contribution in [1.29, 1.82) is 0 Å². The van der Waals surface area contributed by atoms with Crippen molar-refractivity contribution in [3.8, 4) is 0 Å². The van der Waals surface area contributed by atoms with Gasteiger partial charge in [0.25, 0.3) is 0 Å². The van der Waals surface area contributed by atoms with Crippen LogP contribution in [0, 0.1) is 0 Å². The SMILES string of the molecule is CC1=C(C)C(O)(O)OC1=O. The standard InChI is InChI=1S/C6H8O4/c1-3-4(2)6(8,9)10-5(3)7/h8-9H,1-2H3. The normalized spacial score (nSPS) is 23.4. The molecule has 0 amide bonds. The van der Waals surface area contributed by atoms with Crippen LogP contribution >= 0.6 is 0 Å². The second-order valence-electron chi connectivity index (χ2n) is 2.25. The number of aliphatic hydroxyl groups is 2. The van der Waals surface area contributed by atoms with Gasteiger partial charge in [-0.1, -0.05) is 0 Å². The summed E-state index contributed by atoms with van der Waals surface area (Å²) >= 11 is 0. The van der Waals surface area contributed by atoms with Gasteiger partial charge in [0, 0.05) is 11.1 Å². The van der Waals surface area contributed by atoms with Crippen LogP contribution in [0.25, 0.3) is 0 Å². The Morgan fingerprint density at radius 2 is 1.90 bits per heavy atom. The Morgan fingerprint density at radius 1 is 1.40 bits per heavy atom. The van der Waals surface area contributed by atoms with Crippen molar-refractivity contribution in [2.75, 3.05) is 0 Å². The number of hydrogen-bond donors (Lipinski definition) is 2. The van der Waals surface area contributed by atoms with Gasteiger partial charge in [0.05, 0.1) is 0 Å². The van der Waals surface area contributed by atoms with Gasteiger partial charge in [-0.15, -0.1) is 0 Å². The fraction of sp³-hybridized carbons (Fsp3) is 0.500. The third kappa shape index (κ3) is 0.815. The van der Waals surface area contributed by atoms with Crippen molar-refractivity contribution >= 4 is 5.97 Å². The van der Waals surface area contributed by atoms with Crippen molar-refractivity contribution in [3.63, 3.8) is 0 Å². The molecule has 0 aromatic heterocycles. The maximum Gasteiger partial charge on any atom is 0.350 e. The van der Waals surface area contributed by atoms with E-state index in [1.807, 2.05) is 0 Å². The lowest BCUT2D eigenvalue weighted by Crippen LogP contribution is -2.29. The maximum absolute atomic E-state index is 10.6. The van der Waals surface area contributed by atoms with E-state index < -0.39 is 11.9 Å². The van der Waals surface area contributed by atoms with Crippen LogP contribution in [0.4, 0.5) is 0 Å². The molecule has 0 bridgehead atoms. The van der Waals surface area contributed by atoms with Crippen molar-refractivity contribution in [2.45, 2.75) is 19.8 Å². The zero-order chi connectivity index (χ0) is 7.94. The topological polar surface area (TPSA) is 66.8 Å². The number of esters is 1. The highest BCUT2D eigenvalue weighted by atomic mass is 16.8. The van der Waals surface area contributed by atoms with Crippen LogP contribution in [0.5, 0.6) is 0 Å².